The summed E-state index contributed by atoms with van der Waals surface area (Å²) < 4.78 is 6.77. The third kappa shape index (κ3) is 1.96. The van der Waals surface area contributed by atoms with E-state index in [1.807, 2.05) is 32.2 Å². The quantitative estimate of drug-likeness (QED) is 0.893. The van der Waals surface area contributed by atoms with E-state index in [1.54, 1.807) is 11.8 Å². The molecule has 2 rings (SSSR count). The zero-order valence-corrected chi connectivity index (χ0v) is 10.7. The molecule has 0 saturated carbocycles. The van der Waals surface area contributed by atoms with Crippen molar-refractivity contribution in [3.63, 3.8) is 0 Å². The Morgan fingerprint density at radius 3 is 2.59 bits per heavy atom. The number of nitrogens with two attached hydrogens (primary N) is 1. The Labute approximate surface area is 105 Å². The molecule has 0 aliphatic carbocycles. The molecule has 0 spiro atoms. The molecule has 2 aromatic rings. The zero-order chi connectivity index (χ0) is 12.6. The molecule has 1 heterocycles. The van der Waals surface area contributed by atoms with E-state index < -0.39 is 0 Å². The molecule has 0 atom stereocenters. The Bertz CT molecular complexity index is 563. The summed E-state index contributed by atoms with van der Waals surface area (Å²) in [5.41, 5.74) is 8.60. The van der Waals surface area contributed by atoms with Crippen LogP contribution in [0.4, 0.5) is 5.82 Å². The number of ether oxygens (including phenoxy) is 1. The summed E-state index contributed by atoms with van der Waals surface area (Å²) >= 11 is 6.09. The van der Waals surface area contributed by atoms with E-state index in [2.05, 4.69) is 5.10 Å². The molecule has 0 fully saturated rings. The summed E-state index contributed by atoms with van der Waals surface area (Å²) in [7, 11) is 3.40. The third-order valence-corrected chi connectivity index (χ3v) is 3.06. The van der Waals surface area contributed by atoms with Crippen molar-refractivity contribution < 1.29 is 4.74 Å². The van der Waals surface area contributed by atoms with Gasteiger partial charge in [-0.3, -0.25) is 4.68 Å². The molecule has 0 radical (unpaired) electrons. The van der Waals surface area contributed by atoms with Gasteiger partial charge in [0, 0.05) is 18.2 Å². The minimum absolute atomic E-state index is 0.564. The van der Waals surface area contributed by atoms with Gasteiger partial charge in [-0.2, -0.15) is 5.10 Å². The number of hydrogen-bond donors (Lipinski definition) is 1. The predicted molar refractivity (Wildman–Crippen MR) is 69.4 cm³/mol. The predicted octanol–water partition coefficient (Wildman–Crippen LogP) is 2.64. The molecule has 0 aliphatic heterocycles. The number of methoxy groups -OCH3 is 1. The number of nitrogens with zero attached hydrogens (tertiary/aromatic N) is 2. The first-order chi connectivity index (χ1) is 8.04. The second-order valence-corrected chi connectivity index (χ2v) is 4.24. The molecule has 90 valence electrons. The molecule has 0 aliphatic rings. The van der Waals surface area contributed by atoms with Crippen molar-refractivity contribution in [2.24, 2.45) is 7.05 Å². The van der Waals surface area contributed by atoms with Crippen molar-refractivity contribution in [3.05, 3.63) is 28.8 Å². The molecule has 0 unspecified atom stereocenters. The summed E-state index contributed by atoms with van der Waals surface area (Å²) in [5, 5.41) is 4.93. The maximum Gasteiger partial charge on any atom is 0.137 e. The molecule has 0 amide bonds. The number of rotatable bonds is 2. The van der Waals surface area contributed by atoms with Crippen molar-refractivity contribution in [1.29, 1.82) is 0 Å². The lowest BCUT2D eigenvalue weighted by atomic mass is 10.1. The summed E-state index contributed by atoms with van der Waals surface area (Å²) in [6.45, 7) is 1.94. The van der Waals surface area contributed by atoms with Gasteiger partial charge in [0.2, 0.25) is 0 Å². The van der Waals surface area contributed by atoms with Crippen LogP contribution in [0.25, 0.3) is 11.3 Å². The van der Waals surface area contributed by atoms with Gasteiger partial charge in [0.1, 0.15) is 11.6 Å². The first kappa shape index (κ1) is 11.8. The molecule has 0 saturated heterocycles. The van der Waals surface area contributed by atoms with Crippen molar-refractivity contribution in [2.45, 2.75) is 6.92 Å². The van der Waals surface area contributed by atoms with Crippen molar-refractivity contribution in [1.82, 2.24) is 9.78 Å². The normalized spacial score (nSPS) is 10.6. The molecular weight excluding hydrogens is 238 g/mol. The van der Waals surface area contributed by atoms with E-state index in [4.69, 9.17) is 22.1 Å². The number of halogens is 1. The van der Waals surface area contributed by atoms with Crippen LogP contribution in [-0.2, 0) is 7.05 Å². The van der Waals surface area contributed by atoms with Crippen LogP contribution in [0.5, 0.6) is 5.75 Å². The van der Waals surface area contributed by atoms with E-state index in [1.165, 1.54) is 0 Å². The summed E-state index contributed by atoms with van der Waals surface area (Å²) in [5.74, 6) is 1.31. The number of anilines is 1. The van der Waals surface area contributed by atoms with Crippen molar-refractivity contribution >= 4 is 17.4 Å². The van der Waals surface area contributed by atoms with Crippen LogP contribution in [0.15, 0.2) is 18.2 Å². The zero-order valence-electron chi connectivity index (χ0n) is 9.99. The molecule has 4 nitrogen and oxygen atoms in total. The minimum atomic E-state index is 0.564. The molecule has 17 heavy (non-hydrogen) atoms. The average molecular weight is 252 g/mol. The Balaban J connectivity index is 2.53. The van der Waals surface area contributed by atoms with E-state index in [0.717, 1.165) is 16.8 Å². The molecule has 0 bridgehead atoms. The highest BCUT2D eigenvalue weighted by molar-refractivity contribution is 6.32. The number of aryl methyl sites for hydroxylation is 1. The maximum absolute atomic E-state index is 6.09. The standard InChI is InChI=1S/C12H14ClN3O/c1-7-11(15-16(2)12(7)14)8-4-5-10(17-3)9(13)6-8/h4-6H,14H2,1-3H3. The Morgan fingerprint density at radius 1 is 1.41 bits per heavy atom. The van der Waals surface area contributed by atoms with Gasteiger partial charge in [-0.25, -0.2) is 0 Å². The highest BCUT2D eigenvalue weighted by Crippen LogP contribution is 2.32. The first-order valence-electron chi connectivity index (χ1n) is 5.17. The van der Waals surface area contributed by atoms with E-state index in [-0.39, 0.29) is 0 Å². The minimum Gasteiger partial charge on any atom is -0.495 e. The largest absolute Gasteiger partial charge is 0.495 e. The van der Waals surface area contributed by atoms with E-state index >= 15 is 0 Å². The van der Waals surface area contributed by atoms with Crippen LogP contribution in [0.1, 0.15) is 5.56 Å². The number of aromatic nitrogens is 2. The fraction of sp³-hybridized carbons (Fsp3) is 0.250. The van der Waals surface area contributed by atoms with Crippen molar-refractivity contribution in [2.75, 3.05) is 12.8 Å². The Kier molecular flexibility index (Phi) is 2.98. The van der Waals surface area contributed by atoms with Gasteiger partial charge in [0.25, 0.3) is 0 Å². The van der Waals surface area contributed by atoms with Crippen LogP contribution < -0.4 is 10.5 Å². The fourth-order valence-electron chi connectivity index (χ4n) is 1.73. The lowest BCUT2D eigenvalue weighted by Gasteiger charge is -2.04. The lowest BCUT2D eigenvalue weighted by Crippen LogP contribution is -1.97. The van der Waals surface area contributed by atoms with Gasteiger partial charge in [-0.05, 0) is 25.1 Å². The molecule has 5 heteroatoms. The first-order valence-corrected chi connectivity index (χ1v) is 5.55. The molecule has 1 aromatic carbocycles. The second-order valence-electron chi connectivity index (χ2n) is 3.83. The smallest absolute Gasteiger partial charge is 0.137 e. The maximum atomic E-state index is 6.09. The second kappa shape index (κ2) is 4.30. The van der Waals surface area contributed by atoms with Crippen molar-refractivity contribution in [3.8, 4) is 17.0 Å². The number of nitrogen functional groups attached to an aromatic ring is 1. The van der Waals surface area contributed by atoms with Gasteiger partial charge in [0.15, 0.2) is 0 Å². The highest BCUT2D eigenvalue weighted by Gasteiger charge is 2.12. The highest BCUT2D eigenvalue weighted by atomic mass is 35.5. The molecule has 2 N–H and O–H groups in total. The van der Waals surface area contributed by atoms with E-state index in [9.17, 15) is 0 Å². The molecule has 1 aromatic heterocycles. The van der Waals surface area contributed by atoms with Crippen LogP contribution in [0.3, 0.4) is 0 Å². The van der Waals surface area contributed by atoms with E-state index in [0.29, 0.717) is 16.6 Å². The lowest BCUT2D eigenvalue weighted by molar-refractivity contribution is 0.415. The number of benzene rings is 1. The van der Waals surface area contributed by atoms with Crippen LogP contribution >= 0.6 is 11.6 Å². The Hall–Kier alpha value is -1.68. The molecular formula is C12H14ClN3O. The number of hydrogen-bond acceptors (Lipinski definition) is 3. The third-order valence-electron chi connectivity index (χ3n) is 2.76. The summed E-state index contributed by atoms with van der Waals surface area (Å²) in [6.07, 6.45) is 0. The summed E-state index contributed by atoms with van der Waals surface area (Å²) in [6, 6.07) is 5.57. The van der Waals surface area contributed by atoms with Gasteiger partial charge in [-0.15, -0.1) is 0 Å². The summed E-state index contributed by atoms with van der Waals surface area (Å²) in [4.78, 5) is 0. The average Bonchev–Trinajstić information content (AvgIpc) is 2.57. The van der Waals surface area contributed by atoms with Gasteiger partial charge in [-0.1, -0.05) is 11.6 Å². The van der Waals surface area contributed by atoms with Gasteiger partial charge < -0.3 is 10.5 Å². The Morgan fingerprint density at radius 2 is 2.12 bits per heavy atom. The van der Waals surface area contributed by atoms with Crippen LogP contribution in [0, 0.1) is 6.92 Å². The van der Waals surface area contributed by atoms with Gasteiger partial charge in [0.05, 0.1) is 17.8 Å². The van der Waals surface area contributed by atoms with Gasteiger partial charge >= 0.3 is 0 Å². The fourth-order valence-corrected chi connectivity index (χ4v) is 1.99. The monoisotopic (exact) mass is 251 g/mol. The van der Waals surface area contributed by atoms with Crippen LogP contribution in [-0.4, -0.2) is 16.9 Å². The SMILES string of the molecule is COc1ccc(-c2nn(C)c(N)c2C)cc1Cl. The van der Waals surface area contributed by atoms with Crippen LogP contribution in [0.2, 0.25) is 5.02 Å². The topological polar surface area (TPSA) is 53.1 Å².